The Labute approximate surface area is 106 Å². The number of piperidine rings is 1. The summed E-state index contributed by atoms with van der Waals surface area (Å²) in [6.07, 6.45) is 6.60. The molecule has 2 unspecified atom stereocenters. The summed E-state index contributed by atoms with van der Waals surface area (Å²) in [5.74, 6) is 1.78. The van der Waals surface area contributed by atoms with E-state index in [2.05, 4.69) is 23.9 Å². The molecule has 2 atom stereocenters. The van der Waals surface area contributed by atoms with Crippen molar-refractivity contribution in [3.8, 4) is 0 Å². The largest absolute Gasteiger partial charge is 0.328 e. The van der Waals surface area contributed by atoms with Gasteiger partial charge in [-0.1, -0.05) is 0 Å². The highest BCUT2D eigenvalue weighted by Crippen LogP contribution is 2.25. The summed E-state index contributed by atoms with van der Waals surface area (Å²) in [4.78, 5) is 5.01. The van der Waals surface area contributed by atoms with E-state index >= 15 is 0 Å². The van der Waals surface area contributed by atoms with Crippen LogP contribution in [0.5, 0.6) is 0 Å². The third kappa shape index (κ3) is 4.23. The Bertz CT molecular complexity index is 224. The fraction of sp³-hybridized carbons (Fsp3) is 1.00. The Morgan fingerprint density at radius 2 is 1.71 bits per heavy atom. The number of hydrogen-bond donors (Lipinski definition) is 1. The van der Waals surface area contributed by atoms with Crippen molar-refractivity contribution in [2.45, 2.75) is 38.1 Å². The van der Waals surface area contributed by atoms with Gasteiger partial charge in [-0.3, -0.25) is 0 Å². The van der Waals surface area contributed by atoms with Crippen LogP contribution in [0.25, 0.3) is 0 Å². The lowest BCUT2D eigenvalue weighted by Gasteiger charge is -2.32. The summed E-state index contributed by atoms with van der Waals surface area (Å²) in [5, 5.41) is 0. The van der Waals surface area contributed by atoms with Crippen LogP contribution in [-0.4, -0.2) is 56.1 Å². The minimum absolute atomic E-state index is 0.483. The second-order valence-electron chi connectivity index (χ2n) is 6.41. The van der Waals surface area contributed by atoms with Gasteiger partial charge in [-0.2, -0.15) is 0 Å². The van der Waals surface area contributed by atoms with Crippen molar-refractivity contribution < 1.29 is 0 Å². The molecule has 3 nitrogen and oxygen atoms in total. The number of rotatable bonds is 4. The summed E-state index contributed by atoms with van der Waals surface area (Å²) in [6.45, 7) is 5.12. The molecule has 0 amide bonds. The Morgan fingerprint density at radius 3 is 2.29 bits per heavy atom. The minimum atomic E-state index is 0.483. The molecule has 17 heavy (non-hydrogen) atoms. The highest BCUT2D eigenvalue weighted by molar-refractivity contribution is 4.80. The Kier molecular flexibility index (Phi) is 4.83. The molecule has 2 N–H and O–H groups in total. The predicted octanol–water partition coefficient (Wildman–Crippen LogP) is 1.39. The quantitative estimate of drug-likeness (QED) is 0.804. The number of nitrogens with zero attached hydrogens (tertiary/aromatic N) is 2. The zero-order valence-corrected chi connectivity index (χ0v) is 11.6. The van der Waals surface area contributed by atoms with Crippen LogP contribution in [0.4, 0.5) is 0 Å². The standard InChI is InChI=1S/C14H29N3/c1-16-7-5-12(6-8-16)10-17(2)11-13-3-4-14(15)9-13/h12-14H,3-11,15H2,1-2H3. The van der Waals surface area contributed by atoms with Crippen LogP contribution in [0.1, 0.15) is 32.1 Å². The highest BCUT2D eigenvalue weighted by Gasteiger charge is 2.24. The van der Waals surface area contributed by atoms with Gasteiger partial charge in [-0.05, 0) is 71.1 Å². The van der Waals surface area contributed by atoms with Gasteiger partial charge in [0.25, 0.3) is 0 Å². The maximum Gasteiger partial charge on any atom is 0.00420 e. The van der Waals surface area contributed by atoms with Gasteiger partial charge in [0.05, 0.1) is 0 Å². The number of hydrogen-bond acceptors (Lipinski definition) is 3. The molecule has 0 spiro atoms. The van der Waals surface area contributed by atoms with Crippen LogP contribution in [0.2, 0.25) is 0 Å². The Hall–Kier alpha value is -0.120. The molecule has 100 valence electrons. The lowest BCUT2D eigenvalue weighted by molar-refractivity contribution is 0.165. The second-order valence-corrected chi connectivity index (χ2v) is 6.41. The molecule has 1 heterocycles. The van der Waals surface area contributed by atoms with E-state index in [1.165, 1.54) is 58.3 Å². The first-order valence-electron chi connectivity index (χ1n) is 7.26. The first-order valence-corrected chi connectivity index (χ1v) is 7.26. The molecule has 0 aromatic rings. The van der Waals surface area contributed by atoms with Gasteiger partial charge in [0.1, 0.15) is 0 Å². The van der Waals surface area contributed by atoms with Crippen LogP contribution in [0.3, 0.4) is 0 Å². The lowest BCUT2D eigenvalue weighted by Crippen LogP contribution is -2.37. The smallest absolute Gasteiger partial charge is 0.00420 e. The van der Waals surface area contributed by atoms with Crippen LogP contribution < -0.4 is 5.73 Å². The normalized spacial score (nSPS) is 32.5. The van der Waals surface area contributed by atoms with Crippen molar-refractivity contribution in [2.24, 2.45) is 17.6 Å². The summed E-state index contributed by atoms with van der Waals surface area (Å²) in [5.41, 5.74) is 5.98. The van der Waals surface area contributed by atoms with E-state index in [1.54, 1.807) is 0 Å². The highest BCUT2D eigenvalue weighted by atomic mass is 15.1. The van der Waals surface area contributed by atoms with Crippen LogP contribution in [0.15, 0.2) is 0 Å². The fourth-order valence-electron chi connectivity index (χ4n) is 3.48. The van der Waals surface area contributed by atoms with Crippen molar-refractivity contribution in [3.05, 3.63) is 0 Å². The lowest BCUT2D eigenvalue weighted by atomic mass is 9.96. The van der Waals surface area contributed by atoms with Crippen molar-refractivity contribution in [1.29, 1.82) is 0 Å². The van der Waals surface area contributed by atoms with Crippen molar-refractivity contribution in [2.75, 3.05) is 40.3 Å². The maximum absolute atomic E-state index is 5.98. The molecule has 2 fully saturated rings. The van der Waals surface area contributed by atoms with E-state index in [-0.39, 0.29) is 0 Å². The molecule has 1 saturated carbocycles. The summed E-state index contributed by atoms with van der Waals surface area (Å²) >= 11 is 0. The third-order valence-corrected chi connectivity index (χ3v) is 4.56. The van der Waals surface area contributed by atoms with E-state index in [9.17, 15) is 0 Å². The van der Waals surface area contributed by atoms with Crippen molar-refractivity contribution in [1.82, 2.24) is 9.80 Å². The monoisotopic (exact) mass is 239 g/mol. The molecule has 0 aromatic carbocycles. The summed E-state index contributed by atoms with van der Waals surface area (Å²) in [7, 11) is 4.53. The number of likely N-dealkylation sites (tertiary alicyclic amines) is 1. The van der Waals surface area contributed by atoms with Crippen molar-refractivity contribution in [3.63, 3.8) is 0 Å². The topological polar surface area (TPSA) is 32.5 Å². The van der Waals surface area contributed by atoms with Gasteiger partial charge in [0.15, 0.2) is 0 Å². The molecule has 1 aliphatic carbocycles. The van der Waals surface area contributed by atoms with Gasteiger partial charge in [0.2, 0.25) is 0 Å². The third-order valence-electron chi connectivity index (χ3n) is 4.56. The fourth-order valence-corrected chi connectivity index (χ4v) is 3.48. The van der Waals surface area contributed by atoms with E-state index in [0.717, 1.165) is 11.8 Å². The predicted molar refractivity (Wildman–Crippen MR) is 73.0 cm³/mol. The molecular formula is C14H29N3. The molecule has 2 rings (SSSR count). The average molecular weight is 239 g/mol. The van der Waals surface area contributed by atoms with Gasteiger partial charge < -0.3 is 15.5 Å². The molecule has 2 aliphatic rings. The Morgan fingerprint density at radius 1 is 1.06 bits per heavy atom. The van der Waals surface area contributed by atoms with E-state index in [0.29, 0.717) is 6.04 Å². The zero-order valence-electron chi connectivity index (χ0n) is 11.6. The molecule has 0 bridgehead atoms. The average Bonchev–Trinajstić information content (AvgIpc) is 2.67. The molecule has 0 radical (unpaired) electrons. The summed E-state index contributed by atoms with van der Waals surface area (Å²) in [6, 6.07) is 0.483. The second kappa shape index (κ2) is 6.17. The van der Waals surface area contributed by atoms with Crippen LogP contribution in [-0.2, 0) is 0 Å². The van der Waals surface area contributed by atoms with Crippen LogP contribution in [0, 0.1) is 11.8 Å². The molecular weight excluding hydrogens is 210 g/mol. The van der Waals surface area contributed by atoms with E-state index in [4.69, 9.17) is 5.73 Å². The Balaban J connectivity index is 1.65. The molecule has 1 saturated heterocycles. The minimum Gasteiger partial charge on any atom is -0.328 e. The maximum atomic E-state index is 5.98. The van der Waals surface area contributed by atoms with Gasteiger partial charge in [0, 0.05) is 19.1 Å². The molecule has 0 aromatic heterocycles. The van der Waals surface area contributed by atoms with E-state index < -0.39 is 0 Å². The zero-order chi connectivity index (χ0) is 12.3. The van der Waals surface area contributed by atoms with Gasteiger partial charge in [-0.15, -0.1) is 0 Å². The van der Waals surface area contributed by atoms with Crippen molar-refractivity contribution >= 4 is 0 Å². The number of nitrogens with two attached hydrogens (primary N) is 1. The molecule has 3 heteroatoms. The van der Waals surface area contributed by atoms with Crippen LogP contribution >= 0.6 is 0 Å². The molecule has 1 aliphatic heterocycles. The first kappa shape index (κ1) is 13.3. The van der Waals surface area contributed by atoms with E-state index in [1.807, 2.05) is 0 Å². The first-order chi connectivity index (χ1) is 8.13. The summed E-state index contributed by atoms with van der Waals surface area (Å²) < 4.78 is 0. The SMILES string of the molecule is CN1CCC(CN(C)CC2CCC(N)C2)CC1. The van der Waals surface area contributed by atoms with Gasteiger partial charge in [-0.25, -0.2) is 0 Å². The van der Waals surface area contributed by atoms with Gasteiger partial charge >= 0.3 is 0 Å².